The zero-order chi connectivity index (χ0) is 17.1. The van der Waals surface area contributed by atoms with Crippen LogP contribution in [0.25, 0.3) is 0 Å². The van der Waals surface area contributed by atoms with Crippen molar-refractivity contribution >= 4 is 40.1 Å². The van der Waals surface area contributed by atoms with Gasteiger partial charge in [-0.3, -0.25) is 9.59 Å². The molecule has 1 fully saturated rings. The monoisotopic (exact) mass is 434 g/mol. The summed E-state index contributed by atoms with van der Waals surface area (Å²) >= 11 is 2.21. The molecule has 0 radical (unpaired) electrons. The molecule has 124 valence electrons. The molecule has 1 aliphatic rings. The van der Waals surface area contributed by atoms with Crippen LogP contribution in [0.2, 0.25) is 0 Å². The molecule has 2 aromatic carbocycles. The van der Waals surface area contributed by atoms with Crippen LogP contribution < -0.4 is 5.32 Å². The Balaban J connectivity index is 1.61. The van der Waals surface area contributed by atoms with Gasteiger partial charge in [-0.25, -0.2) is 0 Å². The molecule has 1 saturated heterocycles. The van der Waals surface area contributed by atoms with Gasteiger partial charge in [-0.1, -0.05) is 35.9 Å². The highest BCUT2D eigenvalue weighted by Gasteiger charge is 2.34. The van der Waals surface area contributed by atoms with Gasteiger partial charge in [0, 0.05) is 28.8 Å². The van der Waals surface area contributed by atoms with Crippen LogP contribution >= 0.6 is 22.6 Å². The van der Waals surface area contributed by atoms with Crippen molar-refractivity contribution in [1.29, 1.82) is 0 Å². The number of nitrogens with zero attached hydrogens (tertiary/aromatic N) is 1. The van der Waals surface area contributed by atoms with Gasteiger partial charge in [0.25, 0.3) is 0 Å². The SMILES string of the molecule is Cc1ccc(CN2C[C@@H](C(=O)Nc3cccc(I)c3)CC2=O)cc1. The number of hydrogen-bond donors (Lipinski definition) is 1. The van der Waals surface area contributed by atoms with Crippen molar-refractivity contribution in [3.8, 4) is 0 Å². The van der Waals surface area contributed by atoms with Gasteiger partial charge in [0.05, 0.1) is 5.92 Å². The number of amides is 2. The fourth-order valence-corrected chi connectivity index (χ4v) is 3.37. The number of benzene rings is 2. The number of aryl methyl sites for hydroxylation is 1. The Morgan fingerprint density at radius 3 is 2.71 bits per heavy atom. The number of hydrogen-bond acceptors (Lipinski definition) is 2. The second-order valence-corrected chi connectivity index (χ2v) is 7.41. The van der Waals surface area contributed by atoms with Gasteiger partial charge in [0.15, 0.2) is 0 Å². The van der Waals surface area contributed by atoms with Gasteiger partial charge in [-0.2, -0.15) is 0 Å². The average molecular weight is 434 g/mol. The zero-order valence-electron chi connectivity index (χ0n) is 13.5. The Kier molecular flexibility index (Phi) is 5.18. The van der Waals surface area contributed by atoms with Crippen LogP contribution in [-0.2, 0) is 16.1 Å². The van der Waals surface area contributed by atoms with Gasteiger partial charge >= 0.3 is 0 Å². The van der Waals surface area contributed by atoms with Crippen LogP contribution in [0.1, 0.15) is 17.5 Å². The Morgan fingerprint density at radius 2 is 2.00 bits per heavy atom. The van der Waals surface area contributed by atoms with Crippen molar-refractivity contribution < 1.29 is 9.59 Å². The van der Waals surface area contributed by atoms with E-state index in [2.05, 4.69) is 27.9 Å². The molecule has 1 N–H and O–H groups in total. The maximum atomic E-state index is 12.4. The molecule has 5 heteroatoms. The van der Waals surface area contributed by atoms with Gasteiger partial charge in [0.1, 0.15) is 0 Å². The van der Waals surface area contributed by atoms with Crippen molar-refractivity contribution in [1.82, 2.24) is 4.90 Å². The minimum absolute atomic E-state index is 0.0402. The third-order valence-electron chi connectivity index (χ3n) is 4.17. The molecule has 2 amide bonds. The summed E-state index contributed by atoms with van der Waals surface area (Å²) in [5.74, 6) is -0.337. The minimum Gasteiger partial charge on any atom is -0.338 e. The summed E-state index contributed by atoms with van der Waals surface area (Å²) < 4.78 is 1.06. The first-order valence-corrected chi connectivity index (χ1v) is 8.99. The molecule has 4 nitrogen and oxygen atoms in total. The normalized spacial score (nSPS) is 17.2. The molecular formula is C19H19IN2O2. The number of rotatable bonds is 4. The van der Waals surface area contributed by atoms with E-state index in [0.717, 1.165) is 14.8 Å². The number of likely N-dealkylation sites (tertiary alicyclic amines) is 1. The predicted octanol–water partition coefficient (Wildman–Crippen LogP) is 3.59. The van der Waals surface area contributed by atoms with E-state index in [-0.39, 0.29) is 24.2 Å². The lowest BCUT2D eigenvalue weighted by Crippen LogP contribution is -2.28. The van der Waals surface area contributed by atoms with E-state index in [4.69, 9.17) is 0 Å². The van der Waals surface area contributed by atoms with E-state index in [1.54, 1.807) is 4.90 Å². The number of nitrogens with one attached hydrogen (secondary N) is 1. The highest BCUT2D eigenvalue weighted by molar-refractivity contribution is 14.1. The van der Waals surface area contributed by atoms with Crippen LogP contribution in [0.4, 0.5) is 5.69 Å². The first-order chi connectivity index (χ1) is 11.5. The molecule has 1 aliphatic heterocycles. The zero-order valence-corrected chi connectivity index (χ0v) is 15.6. The molecule has 0 aliphatic carbocycles. The van der Waals surface area contributed by atoms with Crippen LogP contribution in [0.5, 0.6) is 0 Å². The molecule has 24 heavy (non-hydrogen) atoms. The molecule has 3 rings (SSSR count). The molecular weight excluding hydrogens is 415 g/mol. The Hall–Kier alpha value is -1.89. The summed E-state index contributed by atoms with van der Waals surface area (Å²) in [6, 6.07) is 15.8. The van der Waals surface area contributed by atoms with E-state index < -0.39 is 0 Å². The standard InChI is InChI=1S/C19H19IN2O2/c1-13-5-7-14(8-6-13)11-22-12-15(9-18(22)23)19(24)21-17-4-2-3-16(20)10-17/h2-8,10,15H,9,11-12H2,1H3,(H,21,24)/t15-/m0/s1. The second kappa shape index (κ2) is 7.34. The van der Waals surface area contributed by atoms with E-state index in [1.807, 2.05) is 55.5 Å². The average Bonchev–Trinajstić information content (AvgIpc) is 2.91. The molecule has 0 bridgehead atoms. The fourth-order valence-electron chi connectivity index (χ4n) is 2.83. The molecule has 0 aromatic heterocycles. The second-order valence-electron chi connectivity index (χ2n) is 6.16. The van der Waals surface area contributed by atoms with Crippen molar-refractivity contribution in [3.63, 3.8) is 0 Å². The predicted molar refractivity (Wildman–Crippen MR) is 102 cm³/mol. The number of anilines is 1. The van der Waals surface area contributed by atoms with Gasteiger partial charge in [-0.05, 0) is 53.3 Å². The van der Waals surface area contributed by atoms with Crippen molar-refractivity contribution in [2.45, 2.75) is 19.9 Å². The van der Waals surface area contributed by atoms with Crippen LogP contribution in [0.3, 0.4) is 0 Å². The fraction of sp³-hybridized carbons (Fsp3) is 0.263. The highest BCUT2D eigenvalue weighted by atomic mass is 127. The maximum Gasteiger partial charge on any atom is 0.229 e. The third kappa shape index (κ3) is 4.14. The summed E-state index contributed by atoms with van der Waals surface area (Å²) in [6.07, 6.45) is 0.279. The van der Waals surface area contributed by atoms with Crippen molar-refractivity contribution in [3.05, 3.63) is 63.2 Å². The summed E-state index contributed by atoms with van der Waals surface area (Å²) in [4.78, 5) is 26.4. The smallest absolute Gasteiger partial charge is 0.229 e. The largest absolute Gasteiger partial charge is 0.338 e. The summed E-state index contributed by atoms with van der Waals surface area (Å²) in [7, 11) is 0. The lowest BCUT2D eigenvalue weighted by Gasteiger charge is -2.17. The van der Waals surface area contributed by atoms with Crippen LogP contribution in [0.15, 0.2) is 48.5 Å². The Bertz CT molecular complexity index is 758. The molecule has 1 atom stereocenters. The van der Waals surface area contributed by atoms with E-state index in [0.29, 0.717) is 13.1 Å². The quantitative estimate of drug-likeness (QED) is 0.748. The molecule has 0 saturated carbocycles. The van der Waals surface area contributed by atoms with Crippen LogP contribution in [-0.4, -0.2) is 23.3 Å². The first-order valence-electron chi connectivity index (χ1n) is 7.91. The van der Waals surface area contributed by atoms with E-state index in [1.165, 1.54) is 5.56 Å². The Labute approximate surface area is 155 Å². The minimum atomic E-state index is -0.291. The number of carbonyl (C=O) groups excluding carboxylic acids is 2. The first kappa shape index (κ1) is 17.0. The van der Waals surface area contributed by atoms with E-state index >= 15 is 0 Å². The highest BCUT2D eigenvalue weighted by Crippen LogP contribution is 2.22. The topological polar surface area (TPSA) is 49.4 Å². The Morgan fingerprint density at radius 1 is 1.25 bits per heavy atom. The van der Waals surface area contributed by atoms with Crippen molar-refractivity contribution in [2.24, 2.45) is 5.92 Å². The molecule has 0 unspecified atom stereocenters. The lowest BCUT2D eigenvalue weighted by molar-refractivity contribution is -0.128. The summed E-state index contributed by atoms with van der Waals surface area (Å²) in [6.45, 7) is 3.07. The maximum absolute atomic E-state index is 12.4. The number of halogens is 1. The summed E-state index contributed by atoms with van der Waals surface area (Å²) in [5.41, 5.74) is 3.06. The van der Waals surface area contributed by atoms with Gasteiger partial charge < -0.3 is 10.2 Å². The lowest BCUT2D eigenvalue weighted by atomic mass is 10.1. The molecule has 1 heterocycles. The van der Waals surface area contributed by atoms with Gasteiger partial charge in [0.2, 0.25) is 11.8 Å². The third-order valence-corrected chi connectivity index (χ3v) is 4.84. The van der Waals surface area contributed by atoms with Gasteiger partial charge in [-0.15, -0.1) is 0 Å². The van der Waals surface area contributed by atoms with Crippen molar-refractivity contribution in [2.75, 3.05) is 11.9 Å². The molecule has 2 aromatic rings. The van der Waals surface area contributed by atoms with E-state index in [9.17, 15) is 9.59 Å². The van der Waals surface area contributed by atoms with Crippen LogP contribution in [0, 0.1) is 16.4 Å². The summed E-state index contributed by atoms with van der Waals surface area (Å²) in [5, 5.41) is 2.91. The number of carbonyl (C=O) groups is 2. The molecule has 0 spiro atoms.